The summed E-state index contributed by atoms with van der Waals surface area (Å²) in [4.78, 5) is 26.7. The van der Waals surface area contributed by atoms with Gasteiger partial charge in [0.05, 0.1) is 18.9 Å². The topological polar surface area (TPSA) is 58.6 Å². The lowest BCUT2D eigenvalue weighted by atomic mass is 9.97. The second-order valence-corrected chi connectivity index (χ2v) is 8.47. The molecule has 1 N–H and O–H groups in total. The number of hydrogen-bond donors (Lipinski definition) is 2. The minimum Gasteiger partial charge on any atom is -0.465 e. The summed E-state index contributed by atoms with van der Waals surface area (Å²) < 4.78 is 5.17. The van der Waals surface area contributed by atoms with Gasteiger partial charge in [-0.15, -0.1) is 0 Å². The molecule has 1 rings (SSSR count). The highest BCUT2D eigenvalue weighted by Gasteiger charge is 2.29. The number of nitrogens with zero attached hydrogens (tertiary/aromatic N) is 1. The Morgan fingerprint density at radius 3 is 2.29 bits per heavy atom. The van der Waals surface area contributed by atoms with Crippen molar-refractivity contribution in [3.05, 3.63) is 0 Å². The first-order valence-corrected chi connectivity index (χ1v) is 9.58. The summed E-state index contributed by atoms with van der Waals surface area (Å²) >= 11 is 4.23. The molecule has 0 aromatic carbocycles. The van der Waals surface area contributed by atoms with E-state index < -0.39 is 5.92 Å². The summed E-state index contributed by atoms with van der Waals surface area (Å²) in [6, 6.07) is 0.185. The van der Waals surface area contributed by atoms with Gasteiger partial charge < -0.3 is 10.1 Å². The molecule has 0 radical (unpaired) electrons. The average molecular weight is 359 g/mol. The number of esters is 1. The number of hydrogen-bond acceptors (Lipinski definition) is 5. The Morgan fingerprint density at radius 1 is 1.25 bits per heavy atom. The molecule has 1 atom stereocenters. The number of ether oxygens (including phenoxy) is 1. The van der Waals surface area contributed by atoms with Crippen molar-refractivity contribution in [2.75, 3.05) is 25.4 Å². The Balaban J connectivity index is 2.41. The summed E-state index contributed by atoms with van der Waals surface area (Å²) in [5, 5.41) is 3.09. The van der Waals surface area contributed by atoms with Gasteiger partial charge in [-0.05, 0) is 39.5 Å². The monoisotopic (exact) mass is 358 g/mol. The Morgan fingerprint density at radius 2 is 1.83 bits per heavy atom. The lowest BCUT2D eigenvalue weighted by molar-refractivity contribution is -0.147. The Kier molecular flexibility index (Phi) is 8.57. The molecule has 140 valence electrons. The van der Waals surface area contributed by atoms with Crippen LogP contribution < -0.4 is 5.32 Å². The van der Waals surface area contributed by atoms with Crippen LogP contribution >= 0.6 is 12.6 Å². The van der Waals surface area contributed by atoms with Crippen molar-refractivity contribution in [3.63, 3.8) is 0 Å². The quantitative estimate of drug-likeness (QED) is 0.542. The maximum atomic E-state index is 12.4. The van der Waals surface area contributed by atoms with Crippen molar-refractivity contribution in [1.82, 2.24) is 10.2 Å². The number of amides is 1. The number of likely N-dealkylation sites (tertiary alicyclic amines) is 1. The van der Waals surface area contributed by atoms with E-state index in [0.29, 0.717) is 18.3 Å². The molecule has 5 nitrogen and oxygen atoms in total. The van der Waals surface area contributed by atoms with Crippen LogP contribution in [0.5, 0.6) is 0 Å². The fraction of sp³-hybridized carbons (Fsp3) is 0.889. The fourth-order valence-corrected chi connectivity index (χ4v) is 3.07. The van der Waals surface area contributed by atoms with Gasteiger partial charge in [-0.2, -0.15) is 12.6 Å². The molecular weight excluding hydrogens is 324 g/mol. The van der Waals surface area contributed by atoms with E-state index in [-0.39, 0.29) is 29.9 Å². The zero-order valence-electron chi connectivity index (χ0n) is 15.8. The van der Waals surface area contributed by atoms with Crippen LogP contribution in [0.4, 0.5) is 0 Å². The van der Waals surface area contributed by atoms with Gasteiger partial charge in [0.1, 0.15) is 0 Å². The van der Waals surface area contributed by atoms with Crippen LogP contribution in [0.15, 0.2) is 0 Å². The van der Waals surface area contributed by atoms with Crippen LogP contribution in [0.1, 0.15) is 53.9 Å². The molecule has 0 saturated carbocycles. The second-order valence-electron chi connectivity index (χ2n) is 8.10. The first kappa shape index (κ1) is 21.3. The van der Waals surface area contributed by atoms with E-state index in [1.807, 2.05) is 13.8 Å². The van der Waals surface area contributed by atoms with Crippen LogP contribution in [-0.4, -0.2) is 53.8 Å². The third-order valence-electron chi connectivity index (χ3n) is 4.37. The highest BCUT2D eigenvalue weighted by atomic mass is 32.1. The zero-order valence-corrected chi connectivity index (χ0v) is 16.7. The highest BCUT2D eigenvalue weighted by Crippen LogP contribution is 2.20. The molecule has 1 amide bonds. The van der Waals surface area contributed by atoms with E-state index in [1.165, 1.54) is 0 Å². The van der Waals surface area contributed by atoms with Gasteiger partial charge in [-0.3, -0.25) is 14.5 Å². The SMILES string of the molecule is CC(C)COC(=O)C[C@@H](CS)C(=O)NC1CCN(C(C)(C)C)CC1. The third kappa shape index (κ3) is 7.43. The molecule has 0 bridgehead atoms. The third-order valence-corrected chi connectivity index (χ3v) is 4.81. The minimum absolute atomic E-state index is 0.0827. The molecule has 0 unspecified atom stereocenters. The number of nitrogens with one attached hydrogen (secondary N) is 1. The number of rotatable bonds is 7. The first-order chi connectivity index (χ1) is 11.1. The van der Waals surface area contributed by atoms with E-state index in [1.54, 1.807) is 0 Å². The van der Waals surface area contributed by atoms with E-state index in [9.17, 15) is 9.59 Å². The average Bonchev–Trinajstić information content (AvgIpc) is 2.50. The molecule has 1 saturated heterocycles. The highest BCUT2D eigenvalue weighted by molar-refractivity contribution is 7.80. The van der Waals surface area contributed by atoms with Crippen molar-refractivity contribution in [1.29, 1.82) is 0 Å². The molecule has 6 heteroatoms. The molecule has 1 heterocycles. The predicted molar refractivity (Wildman–Crippen MR) is 100 cm³/mol. The van der Waals surface area contributed by atoms with Crippen LogP contribution in [0.3, 0.4) is 0 Å². The lowest BCUT2D eigenvalue weighted by Crippen LogP contribution is -2.51. The largest absolute Gasteiger partial charge is 0.465 e. The summed E-state index contributed by atoms with van der Waals surface area (Å²) in [6.07, 6.45) is 1.99. The zero-order chi connectivity index (χ0) is 18.3. The predicted octanol–water partition coefficient (Wildman–Crippen LogP) is 2.50. The Bertz CT molecular complexity index is 413. The lowest BCUT2D eigenvalue weighted by Gasteiger charge is -2.41. The number of thiol groups is 1. The second kappa shape index (κ2) is 9.66. The van der Waals surface area contributed by atoms with Crippen molar-refractivity contribution in [3.8, 4) is 0 Å². The smallest absolute Gasteiger partial charge is 0.306 e. The van der Waals surface area contributed by atoms with Gasteiger partial charge in [-0.25, -0.2) is 0 Å². The molecule has 0 spiro atoms. The van der Waals surface area contributed by atoms with Crippen LogP contribution in [0, 0.1) is 11.8 Å². The summed E-state index contributed by atoms with van der Waals surface area (Å²) in [5.41, 5.74) is 0.169. The Labute approximate surface area is 152 Å². The Hall–Kier alpha value is -0.750. The molecule has 1 aliphatic heterocycles. The van der Waals surface area contributed by atoms with Crippen LogP contribution in [-0.2, 0) is 14.3 Å². The number of carbonyl (C=O) groups is 2. The molecule has 24 heavy (non-hydrogen) atoms. The number of piperidine rings is 1. The standard InChI is InChI=1S/C18H34N2O3S/c1-13(2)11-23-16(21)10-14(12-24)17(22)19-15-6-8-20(9-7-15)18(3,4)5/h13-15,24H,6-12H2,1-5H3,(H,19,22)/t14-/m0/s1. The first-order valence-electron chi connectivity index (χ1n) is 8.95. The molecule has 0 aliphatic carbocycles. The summed E-state index contributed by atoms with van der Waals surface area (Å²) in [7, 11) is 0. The molecule has 1 fully saturated rings. The van der Waals surface area contributed by atoms with Crippen molar-refractivity contribution in [2.45, 2.75) is 65.5 Å². The minimum atomic E-state index is -0.423. The van der Waals surface area contributed by atoms with E-state index in [0.717, 1.165) is 25.9 Å². The van der Waals surface area contributed by atoms with E-state index in [2.05, 4.69) is 43.6 Å². The molecule has 0 aromatic heterocycles. The van der Waals surface area contributed by atoms with Crippen molar-refractivity contribution in [2.24, 2.45) is 11.8 Å². The summed E-state index contributed by atoms with van der Waals surface area (Å²) in [6.45, 7) is 13.0. The maximum Gasteiger partial charge on any atom is 0.306 e. The van der Waals surface area contributed by atoms with Crippen LogP contribution in [0.2, 0.25) is 0 Å². The number of carbonyl (C=O) groups excluding carboxylic acids is 2. The van der Waals surface area contributed by atoms with Crippen molar-refractivity contribution >= 4 is 24.5 Å². The van der Waals surface area contributed by atoms with Gasteiger partial charge in [0.2, 0.25) is 5.91 Å². The van der Waals surface area contributed by atoms with Gasteiger partial charge >= 0.3 is 5.97 Å². The fourth-order valence-electron chi connectivity index (χ4n) is 2.77. The molecule has 0 aromatic rings. The van der Waals surface area contributed by atoms with Gasteiger partial charge in [0, 0.05) is 30.4 Å². The van der Waals surface area contributed by atoms with Gasteiger partial charge in [-0.1, -0.05) is 13.8 Å². The normalized spacial score (nSPS) is 18.5. The van der Waals surface area contributed by atoms with Crippen LogP contribution in [0.25, 0.3) is 0 Å². The van der Waals surface area contributed by atoms with Crippen molar-refractivity contribution < 1.29 is 14.3 Å². The van der Waals surface area contributed by atoms with E-state index in [4.69, 9.17) is 4.74 Å². The van der Waals surface area contributed by atoms with Gasteiger partial charge in [0.15, 0.2) is 0 Å². The molecular formula is C18H34N2O3S. The van der Waals surface area contributed by atoms with E-state index >= 15 is 0 Å². The summed E-state index contributed by atoms with van der Waals surface area (Å²) in [5.74, 6) is -0.177. The molecule has 1 aliphatic rings. The maximum absolute atomic E-state index is 12.4. The van der Waals surface area contributed by atoms with Gasteiger partial charge in [0.25, 0.3) is 0 Å².